The topological polar surface area (TPSA) is 68.0 Å². The number of hydrogen-bond donors (Lipinski definition) is 1. The van der Waals surface area contributed by atoms with Crippen molar-refractivity contribution in [3.63, 3.8) is 0 Å². The van der Waals surface area contributed by atoms with Crippen LogP contribution >= 0.6 is 0 Å². The second kappa shape index (κ2) is 5.64. The van der Waals surface area contributed by atoms with Gasteiger partial charge in [-0.15, -0.1) is 5.10 Å². The molecule has 0 fully saturated rings. The van der Waals surface area contributed by atoms with Gasteiger partial charge in [-0.1, -0.05) is 35.0 Å². The summed E-state index contributed by atoms with van der Waals surface area (Å²) in [6, 6.07) is 11.4. The van der Waals surface area contributed by atoms with Gasteiger partial charge < -0.3 is 5.11 Å². The molecule has 1 N–H and O–H groups in total. The van der Waals surface area contributed by atoms with Crippen molar-refractivity contribution in [3.8, 4) is 16.9 Å². The van der Waals surface area contributed by atoms with Crippen molar-refractivity contribution >= 4 is 5.97 Å². The average molecular weight is 311 g/mol. The Kier molecular flexibility index (Phi) is 3.65. The van der Waals surface area contributed by atoms with Crippen molar-refractivity contribution in [2.45, 2.75) is 13.8 Å². The molecule has 0 unspecified atom stereocenters. The van der Waals surface area contributed by atoms with Crippen LogP contribution in [0.4, 0.5) is 4.39 Å². The summed E-state index contributed by atoms with van der Waals surface area (Å²) in [5.41, 5.74) is 3.16. The highest BCUT2D eigenvalue weighted by molar-refractivity contribution is 5.93. The lowest BCUT2D eigenvalue weighted by Crippen LogP contribution is -2.05. The second-order valence-corrected chi connectivity index (χ2v) is 5.30. The predicted octanol–water partition coefficient (Wildman–Crippen LogP) is 3.39. The molecule has 0 saturated heterocycles. The van der Waals surface area contributed by atoms with Crippen LogP contribution in [-0.4, -0.2) is 26.1 Å². The largest absolute Gasteiger partial charge is 0.476 e. The summed E-state index contributed by atoms with van der Waals surface area (Å²) in [6.07, 6.45) is 0. The normalized spacial score (nSPS) is 10.7. The summed E-state index contributed by atoms with van der Waals surface area (Å²) in [6.45, 7) is 3.87. The van der Waals surface area contributed by atoms with Gasteiger partial charge in [0.25, 0.3) is 0 Å². The number of hydrogen-bond acceptors (Lipinski definition) is 3. The molecule has 2 aromatic carbocycles. The molecular formula is C17H14FN3O2. The van der Waals surface area contributed by atoms with Gasteiger partial charge in [-0.05, 0) is 37.6 Å². The monoisotopic (exact) mass is 311 g/mol. The standard InChI is InChI=1S/C17H14FN3O2/c1-10-6-7-14(11(2)8-10)21-16(15(17(22)23)19-20-21)12-4-3-5-13(18)9-12/h3-9H,1-2H3,(H,22,23). The first-order valence-corrected chi connectivity index (χ1v) is 7.00. The smallest absolute Gasteiger partial charge is 0.358 e. The zero-order valence-electron chi connectivity index (χ0n) is 12.6. The third kappa shape index (κ3) is 2.70. The molecule has 3 rings (SSSR count). The fourth-order valence-corrected chi connectivity index (χ4v) is 2.53. The van der Waals surface area contributed by atoms with Crippen molar-refractivity contribution < 1.29 is 14.3 Å². The number of aromatic nitrogens is 3. The Hall–Kier alpha value is -3.02. The lowest BCUT2D eigenvalue weighted by atomic mass is 10.1. The third-order valence-electron chi connectivity index (χ3n) is 3.55. The molecule has 0 aliphatic heterocycles. The van der Waals surface area contributed by atoms with Crippen molar-refractivity contribution in [3.05, 3.63) is 65.1 Å². The number of carbonyl (C=O) groups is 1. The van der Waals surface area contributed by atoms with E-state index in [0.29, 0.717) is 11.3 Å². The van der Waals surface area contributed by atoms with Crippen molar-refractivity contribution in [2.75, 3.05) is 0 Å². The van der Waals surface area contributed by atoms with E-state index in [4.69, 9.17) is 0 Å². The molecule has 5 nitrogen and oxygen atoms in total. The van der Waals surface area contributed by atoms with Crippen molar-refractivity contribution in [1.29, 1.82) is 0 Å². The molecule has 0 aliphatic carbocycles. The molecule has 3 aromatic rings. The first-order chi connectivity index (χ1) is 11.0. The molecule has 0 amide bonds. The Bertz CT molecular complexity index is 903. The summed E-state index contributed by atoms with van der Waals surface area (Å²) >= 11 is 0. The Morgan fingerprint density at radius 3 is 2.61 bits per heavy atom. The van der Waals surface area contributed by atoms with Gasteiger partial charge in [0.1, 0.15) is 11.5 Å². The molecule has 0 radical (unpaired) electrons. The summed E-state index contributed by atoms with van der Waals surface area (Å²) < 4.78 is 15.0. The molecule has 6 heteroatoms. The van der Waals surface area contributed by atoms with E-state index in [-0.39, 0.29) is 11.4 Å². The van der Waals surface area contributed by atoms with Gasteiger partial charge in [0.15, 0.2) is 5.69 Å². The van der Waals surface area contributed by atoms with Crippen LogP contribution in [-0.2, 0) is 0 Å². The van der Waals surface area contributed by atoms with Crippen LogP contribution in [0.3, 0.4) is 0 Å². The van der Waals surface area contributed by atoms with Crippen LogP contribution in [0.1, 0.15) is 21.6 Å². The molecule has 0 saturated carbocycles. The number of halogens is 1. The van der Waals surface area contributed by atoms with E-state index in [1.165, 1.54) is 22.9 Å². The molecule has 0 spiro atoms. The van der Waals surface area contributed by atoms with Gasteiger partial charge >= 0.3 is 5.97 Å². The number of rotatable bonds is 3. The average Bonchev–Trinajstić information content (AvgIpc) is 2.92. The Morgan fingerprint density at radius 1 is 1.17 bits per heavy atom. The van der Waals surface area contributed by atoms with E-state index in [0.717, 1.165) is 11.1 Å². The molecule has 0 bridgehead atoms. The van der Waals surface area contributed by atoms with Crippen LogP contribution in [0.25, 0.3) is 16.9 Å². The van der Waals surface area contributed by atoms with E-state index >= 15 is 0 Å². The maximum absolute atomic E-state index is 13.6. The van der Waals surface area contributed by atoms with E-state index < -0.39 is 11.8 Å². The zero-order chi connectivity index (χ0) is 16.6. The minimum atomic E-state index is -1.21. The molecule has 0 aliphatic rings. The van der Waals surface area contributed by atoms with Crippen LogP contribution in [0, 0.1) is 19.7 Å². The lowest BCUT2D eigenvalue weighted by molar-refractivity contribution is 0.0691. The number of benzene rings is 2. The minimum absolute atomic E-state index is 0.212. The molecular weight excluding hydrogens is 297 g/mol. The van der Waals surface area contributed by atoms with Crippen LogP contribution in [0.5, 0.6) is 0 Å². The fraction of sp³-hybridized carbons (Fsp3) is 0.118. The summed E-state index contributed by atoms with van der Waals surface area (Å²) in [5.74, 6) is -1.66. The van der Waals surface area contributed by atoms with E-state index in [2.05, 4.69) is 10.3 Å². The Labute approximate surface area is 132 Å². The summed E-state index contributed by atoms with van der Waals surface area (Å²) in [4.78, 5) is 11.5. The van der Waals surface area contributed by atoms with Crippen molar-refractivity contribution in [2.24, 2.45) is 0 Å². The minimum Gasteiger partial charge on any atom is -0.476 e. The van der Waals surface area contributed by atoms with Crippen LogP contribution < -0.4 is 0 Å². The Balaban J connectivity index is 2.28. The number of carboxylic acid groups (broad SMARTS) is 1. The maximum atomic E-state index is 13.6. The van der Waals surface area contributed by atoms with E-state index in [1.807, 2.05) is 32.0 Å². The number of aromatic carboxylic acids is 1. The highest BCUT2D eigenvalue weighted by Gasteiger charge is 2.22. The molecule has 1 heterocycles. The molecule has 116 valence electrons. The van der Waals surface area contributed by atoms with Gasteiger partial charge in [-0.2, -0.15) is 0 Å². The fourth-order valence-electron chi connectivity index (χ4n) is 2.53. The molecule has 23 heavy (non-hydrogen) atoms. The summed E-state index contributed by atoms with van der Waals surface area (Å²) in [7, 11) is 0. The van der Waals surface area contributed by atoms with Gasteiger partial charge in [-0.3, -0.25) is 0 Å². The highest BCUT2D eigenvalue weighted by Crippen LogP contribution is 2.27. The van der Waals surface area contributed by atoms with E-state index in [9.17, 15) is 14.3 Å². The van der Waals surface area contributed by atoms with Gasteiger partial charge in [0.05, 0.1) is 5.69 Å². The van der Waals surface area contributed by atoms with Crippen LogP contribution in [0.2, 0.25) is 0 Å². The van der Waals surface area contributed by atoms with Gasteiger partial charge in [0, 0.05) is 5.56 Å². The molecule has 1 aromatic heterocycles. The maximum Gasteiger partial charge on any atom is 0.358 e. The molecule has 0 atom stereocenters. The van der Waals surface area contributed by atoms with Crippen molar-refractivity contribution in [1.82, 2.24) is 15.0 Å². The number of aryl methyl sites for hydroxylation is 2. The Morgan fingerprint density at radius 2 is 1.96 bits per heavy atom. The SMILES string of the molecule is Cc1ccc(-n2nnc(C(=O)O)c2-c2cccc(F)c2)c(C)c1. The number of carboxylic acids is 1. The number of nitrogens with zero attached hydrogens (tertiary/aromatic N) is 3. The summed E-state index contributed by atoms with van der Waals surface area (Å²) in [5, 5.41) is 17.1. The predicted molar refractivity (Wildman–Crippen MR) is 83.2 cm³/mol. The van der Waals surface area contributed by atoms with Gasteiger partial charge in [-0.25, -0.2) is 13.9 Å². The first kappa shape index (κ1) is 14.9. The first-order valence-electron chi connectivity index (χ1n) is 7.00. The van der Waals surface area contributed by atoms with E-state index in [1.54, 1.807) is 6.07 Å². The lowest BCUT2D eigenvalue weighted by Gasteiger charge is -2.10. The highest BCUT2D eigenvalue weighted by atomic mass is 19.1. The quantitative estimate of drug-likeness (QED) is 0.805. The second-order valence-electron chi connectivity index (χ2n) is 5.30. The van der Waals surface area contributed by atoms with Gasteiger partial charge in [0.2, 0.25) is 0 Å². The van der Waals surface area contributed by atoms with Crippen LogP contribution in [0.15, 0.2) is 42.5 Å². The third-order valence-corrected chi connectivity index (χ3v) is 3.55. The zero-order valence-corrected chi connectivity index (χ0v) is 12.6.